The number of carbonyl (C=O) groups is 2. The molecule has 1 amide bonds. The predicted octanol–water partition coefficient (Wildman–Crippen LogP) is 2.99. The highest BCUT2D eigenvalue weighted by atomic mass is 32.1. The van der Waals surface area contributed by atoms with E-state index in [2.05, 4.69) is 10.3 Å². The Hall–Kier alpha value is -2.61. The number of aliphatic carboxylic acids is 1. The number of benzene rings is 1. The molecule has 146 valence electrons. The largest absolute Gasteiger partial charge is 0.493 e. The minimum absolute atomic E-state index is 0.150. The second-order valence-electron chi connectivity index (χ2n) is 6.68. The third-order valence-corrected chi connectivity index (χ3v) is 5.12. The molecule has 0 spiro atoms. The standard InChI is InChI=1S/C19H24N2O5S/c1-19(2,18(23)24)7-8-20-16(22)10-13-11-27-17(21-13)12-5-6-14(25-3)15(9-12)26-4/h5-6,9,11H,7-8,10H2,1-4H3,(H,20,22)(H,23,24). The topological polar surface area (TPSA) is 97.8 Å². The summed E-state index contributed by atoms with van der Waals surface area (Å²) in [5, 5.41) is 14.5. The second-order valence-corrected chi connectivity index (χ2v) is 7.54. The van der Waals surface area contributed by atoms with Crippen LogP contribution in [0.3, 0.4) is 0 Å². The highest BCUT2D eigenvalue weighted by molar-refractivity contribution is 7.13. The van der Waals surface area contributed by atoms with Crippen LogP contribution in [0.4, 0.5) is 0 Å². The maximum atomic E-state index is 12.1. The molecule has 0 saturated heterocycles. The first-order valence-electron chi connectivity index (χ1n) is 8.43. The summed E-state index contributed by atoms with van der Waals surface area (Å²) in [4.78, 5) is 27.6. The number of nitrogens with one attached hydrogen (secondary N) is 1. The first-order valence-corrected chi connectivity index (χ1v) is 9.31. The summed E-state index contributed by atoms with van der Waals surface area (Å²) in [5.41, 5.74) is 0.682. The average molecular weight is 392 g/mol. The smallest absolute Gasteiger partial charge is 0.309 e. The summed E-state index contributed by atoms with van der Waals surface area (Å²) in [5.74, 6) is 0.198. The molecular weight excluding hydrogens is 368 g/mol. The van der Waals surface area contributed by atoms with Crippen molar-refractivity contribution < 1.29 is 24.2 Å². The number of aromatic nitrogens is 1. The third-order valence-electron chi connectivity index (χ3n) is 4.18. The summed E-state index contributed by atoms with van der Waals surface area (Å²) in [7, 11) is 3.15. The van der Waals surface area contributed by atoms with Gasteiger partial charge in [0, 0.05) is 17.5 Å². The van der Waals surface area contributed by atoms with Crippen molar-refractivity contribution in [1.82, 2.24) is 10.3 Å². The minimum atomic E-state index is -0.879. The first kappa shape index (κ1) is 20.7. The van der Waals surface area contributed by atoms with E-state index in [9.17, 15) is 9.59 Å². The Kier molecular flexibility index (Phi) is 6.79. The number of carboxylic acids is 1. The van der Waals surface area contributed by atoms with Crippen LogP contribution in [-0.4, -0.2) is 42.7 Å². The van der Waals surface area contributed by atoms with Crippen molar-refractivity contribution in [2.75, 3.05) is 20.8 Å². The number of carbonyl (C=O) groups excluding carboxylic acids is 1. The molecule has 0 aliphatic rings. The van der Waals surface area contributed by atoms with Gasteiger partial charge in [0.05, 0.1) is 31.7 Å². The summed E-state index contributed by atoms with van der Waals surface area (Å²) in [6.45, 7) is 3.58. The zero-order valence-electron chi connectivity index (χ0n) is 15.9. The summed E-state index contributed by atoms with van der Waals surface area (Å²) in [6, 6.07) is 5.54. The fourth-order valence-electron chi connectivity index (χ4n) is 2.34. The van der Waals surface area contributed by atoms with Gasteiger partial charge in [0.25, 0.3) is 0 Å². The van der Waals surface area contributed by atoms with E-state index in [4.69, 9.17) is 14.6 Å². The van der Waals surface area contributed by atoms with Gasteiger partial charge in [0.1, 0.15) is 5.01 Å². The maximum absolute atomic E-state index is 12.1. The fourth-order valence-corrected chi connectivity index (χ4v) is 3.16. The van der Waals surface area contributed by atoms with E-state index in [-0.39, 0.29) is 12.3 Å². The van der Waals surface area contributed by atoms with Crippen LogP contribution >= 0.6 is 11.3 Å². The number of methoxy groups -OCH3 is 2. The molecule has 2 aromatic rings. The maximum Gasteiger partial charge on any atom is 0.309 e. The van der Waals surface area contributed by atoms with E-state index in [1.807, 2.05) is 23.6 Å². The van der Waals surface area contributed by atoms with Gasteiger partial charge in [0.2, 0.25) is 5.91 Å². The van der Waals surface area contributed by atoms with Gasteiger partial charge in [-0.3, -0.25) is 9.59 Å². The number of nitrogens with zero attached hydrogens (tertiary/aromatic N) is 1. The highest BCUT2D eigenvalue weighted by Gasteiger charge is 2.26. The monoisotopic (exact) mass is 392 g/mol. The van der Waals surface area contributed by atoms with Crippen LogP contribution in [-0.2, 0) is 16.0 Å². The number of rotatable bonds is 9. The molecule has 2 N–H and O–H groups in total. The summed E-state index contributed by atoms with van der Waals surface area (Å²) < 4.78 is 10.5. The number of ether oxygens (including phenoxy) is 2. The third kappa shape index (κ3) is 5.43. The lowest BCUT2D eigenvalue weighted by Crippen LogP contribution is -2.32. The average Bonchev–Trinajstić information content (AvgIpc) is 3.09. The van der Waals surface area contributed by atoms with Gasteiger partial charge in [-0.1, -0.05) is 0 Å². The first-order chi connectivity index (χ1) is 12.8. The molecule has 0 aliphatic heterocycles. The minimum Gasteiger partial charge on any atom is -0.493 e. The Morgan fingerprint density at radius 2 is 1.93 bits per heavy atom. The van der Waals surface area contributed by atoms with E-state index >= 15 is 0 Å². The van der Waals surface area contributed by atoms with Crippen molar-refractivity contribution in [1.29, 1.82) is 0 Å². The Balaban J connectivity index is 1.96. The number of carboxylic acid groups (broad SMARTS) is 1. The zero-order chi connectivity index (χ0) is 20.0. The molecule has 0 fully saturated rings. The molecule has 0 atom stereocenters. The van der Waals surface area contributed by atoms with E-state index in [1.54, 1.807) is 28.1 Å². The van der Waals surface area contributed by atoms with Gasteiger partial charge in [0.15, 0.2) is 11.5 Å². The van der Waals surface area contributed by atoms with Crippen molar-refractivity contribution in [3.8, 4) is 22.1 Å². The Bertz CT molecular complexity index is 816. The quantitative estimate of drug-likeness (QED) is 0.681. The molecule has 1 heterocycles. The zero-order valence-corrected chi connectivity index (χ0v) is 16.7. The molecule has 27 heavy (non-hydrogen) atoms. The Morgan fingerprint density at radius 1 is 1.22 bits per heavy atom. The van der Waals surface area contributed by atoms with Crippen LogP contribution in [0.5, 0.6) is 11.5 Å². The van der Waals surface area contributed by atoms with Crippen LogP contribution in [0.15, 0.2) is 23.6 Å². The lowest BCUT2D eigenvalue weighted by Gasteiger charge is -2.18. The van der Waals surface area contributed by atoms with Crippen molar-refractivity contribution in [3.05, 3.63) is 29.3 Å². The van der Waals surface area contributed by atoms with Crippen LogP contribution in [0.25, 0.3) is 10.6 Å². The summed E-state index contributed by atoms with van der Waals surface area (Å²) >= 11 is 1.44. The van der Waals surface area contributed by atoms with Crippen LogP contribution in [0.1, 0.15) is 26.0 Å². The van der Waals surface area contributed by atoms with Crippen molar-refractivity contribution in [2.45, 2.75) is 26.7 Å². The van der Waals surface area contributed by atoms with Gasteiger partial charge in [-0.05, 0) is 38.5 Å². The van der Waals surface area contributed by atoms with E-state index in [0.717, 1.165) is 10.6 Å². The molecule has 8 heteroatoms. The molecule has 0 unspecified atom stereocenters. The SMILES string of the molecule is COc1ccc(-c2nc(CC(=O)NCCC(C)(C)C(=O)O)cs2)cc1OC. The van der Waals surface area contributed by atoms with Gasteiger partial charge in [-0.25, -0.2) is 4.98 Å². The lowest BCUT2D eigenvalue weighted by molar-refractivity contribution is -0.147. The molecule has 1 aromatic heterocycles. The normalized spacial score (nSPS) is 11.1. The van der Waals surface area contributed by atoms with Crippen molar-refractivity contribution in [3.63, 3.8) is 0 Å². The van der Waals surface area contributed by atoms with Crippen LogP contribution < -0.4 is 14.8 Å². The van der Waals surface area contributed by atoms with Gasteiger partial charge in [-0.15, -0.1) is 11.3 Å². The Labute approximate surface area is 162 Å². The van der Waals surface area contributed by atoms with E-state index < -0.39 is 11.4 Å². The summed E-state index contributed by atoms with van der Waals surface area (Å²) in [6.07, 6.45) is 0.513. The van der Waals surface area contributed by atoms with E-state index in [1.165, 1.54) is 11.3 Å². The number of amides is 1. The number of hydrogen-bond donors (Lipinski definition) is 2. The second kappa shape index (κ2) is 8.85. The van der Waals surface area contributed by atoms with E-state index in [0.29, 0.717) is 30.2 Å². The molecule has 7 nitrogen and oxygen atoms in total. The molecule has 2 rings (SSSR count). The molecule has 0 aliphatic carbocycles. The van der Waals surface area contributed by atoms with Crippen molar-refractivity contribution in [2.24, 2.45) is 5.41 Å². The van der Waals surface area contributed by atoms with Crippen LogP contribution in [0.2, 0.25) is 0 Å². The Morgan fingerprint density at radius 3 is 2.56 bits per heavy atom. The molecule has 0 saturated carbocycles. The van der Waals surface area contributed by atoms with Gasteiger partial charge in [-0.2, -0.15) is 0 Å². The molecule has 0 radical (unpaired) electrons. The number of hydrogen-bond acceptors (Lipinski definition) is 6. The number of thiazole rings is 1. The van der Waals surface area contributed by atoms with Crippen molar-refractivity contribution >= 4 is 23.2 Å². The van der Waals surface area contributed by atoms with Crippen LogP contribution in [0, 0.1) is 5.41 Å². The van der Waals surface area contributed by atoms with Gasteiger partial charge >= 0.3 is 5.97 Å². The molecular formula is C19H24N2O5S. The molecule has 0 bridgehead atoms. The van der Waals surface area contributed by atoms with Gasteiger partial charge < -0.3 is 19.9 Å². The highest BCUT2D eigenvalue weighted by Crippen LogP contribution is 2.33. The fraction of sp³-hybridized carbons (Fsp3) is 0.421. The lowest BCUT2D eigenvalue weighted by atomic mass is 9.90. The molecule has 1 aromatic carbocycles. The predicted molar refractivity (Wildman–Crippen MR) is 103 cm³/mol.